The fourth-order valence-electron chi connectivity index (χ4n) is 3.27. The van der Waals surface area contributed by atoms with Crippen LogP contribution in [-0.4, -0.2) is 42.4 Å². The van der Waals surface area contributed by atoms with E-state index in [1.54, 1.807) is 4.90 Å². The van der Waals surface area contributed by atoms with Crippen molar-refractivity contribution < 1.29 is 19.1 Å². The highest BCUT2D eigenvalue weighted by Gasteiger charge is 2.29. The van der Waals surface area contributed by atoms with Crippen LogP contribution in [0.15, 0.2) is 18.2 Å². The summed E-state index contributed by atoms with van der Waals surface area (Å²) in [5.41, 5.74) is 3.39. The molecule has 2 rings (SSSR count). The summed E-state index contributed by atoms with van der Waals surface area (Å²) in [6, 6.07) is 5.90. The number of likely N-dealkylation sites (tertiary alicyclic amines) is 1. The molecule has 0 bridgehead atoms. The van der Waals surface area contributed by atoms with E-state index in [0.29, 0.717) is 25.9 Å². The van der Waals surface area contributed by atoms with Crippen molar-refractivity contribution in [3.63, 3.8) is 0 Å². The van der Waals surface area contributed by atoms with Gasteiger partial charge in [-0.2, -0.15) is 0 Å². The third-order valence-electron chi connectivity index (χ3n) is 5.16. The smallest absolute Gasteiger partial charge is 0.311 e. The van der Waals surface area contributed by atoms with Gasteiger partial charge in [0.05, 0.1) is 12.0 Å². The zero-order valence-corrected chi connectivity index (χ0v) is 16.7. The number of hydrogen-bond acceptors (Lipinski definition) is 4. The summed E-state index contributed by atoms with van der Waals surface area (Å²) in [5.74, 6) is -1.03. The fourth-order valence-corrected chi connectivity index (χ4v) is 3.27. The van der Waals surface area contributed by atoms with Crippen LogP contribution in [0.5, 0.6) is 0 Å². The number of piperidine rings is 1. The topological polar surface area (TPSA) is 75.7 Å². The Balaban J connectivity index is 1.81. The first-order valence-electron chi connectivity index (χ1n) is 9.62. The normalized spacial score (nSPS) is 17.9. The molecule has 0 aliphatic carbocycles. The minimum absolute atomic E-state index is 0.0486. The Hall–Kier alpha value is -2.37. The number of carbonyl (C=O) groups is 3. The Morgan fingerprint density at radius 1 is 1.26 bits per heavy atom. The summed E-state index contributed by atoms with van der Waals surface area (Å²) in [7, 11) is 0. The van der Waals surface area contributed by atoms with Gasteiger partial charge in [0.25, 0.3) is 5.91 Å². The van der Waals surface area contributed by atoms with Gasteiger partial charge in [-0.1, -0.05) is 25.1 Å². The highest BCUT2D eigenvalue weighted by atomic mass is 16.5. The van der Waals surface area contributed by atoms with Gasteiger partial charge in [-0.05, 0) is 50.3 Å². The molecule has 1 aromatic rings. The third kappa shape index (κ3) is 5.81. The minimum Gasteiger partial charge on any atom is -0.455 e. The molecule has 2 atom stereocenters. The molecule has 0 saturated carbocycles. The molecule has 1 fully saturated rings. The highest BCUT2D eigenvalue weighted by Crippen LogP contribution is 2.19. The van der Waals surface area contributed by atoms with E-state index in [4.69, 9.17) is 4.74 Å². The number of carbonyl (C=O) groups excluding carboxylic acids is 3. The van der Waals surface area contributed by atoms with Gasteiger partial charge in [0, 0.05) is 19.5 Å². The number of amides is 2. The molecule has 1 heterocycles. The van der Waals surface area contributed by atoms with Crippen LogP contribution in [0.1, 0.15) is 55.8 Å². The Labute approximate surface area is 161 Å². The van der Waals surface area contributed by atoms with E-state index in [2.05, 4.69) is 5.32 Å². The van der Waals surface area contributed by atoms with Crippen molar-refractivity contribution in [2.75, 3.05) is 19.7 Å². The standard InChI is InChI=1S/C21H30N2O4/c1-5-20(25)23-10-6-7-18(12-23)21(26)27-13-19(24)22-16(4)17-9-8-14(2)15(3)11-17/h8-9,11,16,18H,5-7,10,12-13H2,1-4H3,(H,22,24). The summed E-state index contributed by atoms with van der Waals surface area (Å²) in [5, 5.41) is 2.86. The van der Waals surface area contributed by atoms with E-state index in [9.17, 15) is 14.4 Å². The summed E-state index contributed by atoms with van der Waals surface area (Å²) >= 11 is 0. The summed E-state index contributed by atoms with van der Waals surface area (Å²) < 4.78 is 5.20. The molecule has 1 N–H and O–H groups in total. The van der Waals surface area contributed by atoms with Crippen molar-refractivity contribution in [3.05, 3.63) is 34.9 Å². The van der Waals surface area contributed by atoms with Gasteiger partial charge in [-0.3, -0.25) is 14.4 Å². The lowest BCUT2D eigenvalue weighted by atomic mass is 9.98. The quantitative estimate of drug-likeness (QED) is 0.777. The van der Waals surface area contributed by atoms with Crippen LogP contribution in [-0.2, 0) is 19.1 Å². The zero-order valence-electron chi connectivity index (χ0n) is 16.7. The minimum atomic E-state index is -0.405. The average Bonchev–Trinajstić information content (AvgIpc) is 2.67. The number of nitrogens with zero attached hydrogens (tertiary/aromatic N) is 1. The summed E-state index contributed by atoms with van der Waals surface area (Å²) in [6.45, 7) is 8.56. The molecular weight excluding hydrogens is 344 g/mol. The number of aryl methyl sites for hydroxylation is 2. The molecule has 6 nitrogen and oxygen atoms in total. The van der Waals surface area contributed by atoms with E-state index in [1.165, 1.54) is 11.1 Å². The molecule has 1 aromatic carbocycles. The molecular formula is C21H30N2O4. The summed E-state index contributed by atoms with van der Waals surface area (Å²) in [6.07, 6.45) is 1.90. The third-order valence-corrected chi connectivity index (χ3v) is 5.16. The van der Waals surface area contributed by atoms with Crippen LogP contribution in [0.2, 0.25) is 0 Å². The van der Waals surface area contributed by atoms with Gasteiger partial charge in [-0.25, -0.2) is 0 Å². The zero-order chi connectivity index (χ0) is 20.0. The van der Waals surface area contributed by atoms with E-state index < -0.39 is 5.97 Å². The molecule has 27 heavy (non-hydrogen) atoms. The molecule has 1 aliphatic rings. The molecule has 2 unspecified atom stereocenters. The average molecular weight is 374 g/mol. The van der Waals surface area contributed by atoms with Crippen LogP contribution in [0.3, 0.4) is 0 Å². The van der Waals surface area contributed by atoms with Gasteiger partial charge >= 0.3 is 5.97 Å². The maximum Gasteiger partial charge on any atom is 0.311 e. The van der Waals surface area contributed by atoms with Gasteiger partial charge in [0.1, 0.15) is 0 Å². The van der Waals surface area contributed by atoms with Crippen molar-refractivity contribution in [3.8, 4) is 0 Å². The number of benzene rings is 1. The van der Waals surface area contributed by atoms with Crippen molar-refractivity contribution in [2.24, 2.45) is 5.92 Å². The molecule has 0 spiro atoms. The first-order valence-corrected chi connectivity index (χ1v) is 9.62. The Morgan fingerprint density at radius 3 is 2.67 bits per heavy atom. The number of esters is 1. The maximum absolute atomic E-state index is 12.3. The van der Waals surface area contributed by atoms with E-state index >= 15 is 0 Å². The maximum atomic E-state index is 12.3. The Kier molecular flexibility index (Phi) is 7.39. The van der Waals surface area contributed by atoms with Crippen LogP contribution in [0, 0.1) is 19.8 Å². The molecule has 1 aliphatic heterocycles. The lowest BCUT2D eigenvalue weighted by molar-refractivity contribution is -0.155. The van der Waals surface area contributed by atoms with Crippen molar-refractivity contribution in [2.45, 2.75) is 53.0 Å². The lowest BCUT2D eigenvalue weighted by Gasteiger charge is -2.31. The molecule has 0 radical (unpaired) electrons. The molecule has 2 amide bonds. The first kappa shape index (κ1) is 20.9. The monoisotopic (exact) mass is 374 g/mol. The molecule has 0 aromatic heterocycles. The van der Waals surface area contributed by atoms with Crippen molar-refractivity contribution in [1.82, 2.24) is 10.2 Å². The molecule has 148 valence electrons. The Bertz CT molecular complexity index is 701. The van der Waals surface area contributed by atoms with E-state index in [1.807, 2.05) is 45.9 Å². The highest BCUT2D eigenvalue weighted by molar-refractivity contribution is 5.82. The number of ether oxygens (including phenoxy) is 1. The van der Waals surface area contributed by atoms with E-state index in [-0.39, 0.29) is 30.4 Å². The second kappa shape index (κ2) is 9.53. The van der Waals surface area contributed by atoms with Gasteiger partial charge < -0.3 is 15.0 Å². The second-order valence-corrected chi connectivity index (χ2v) is 7.27. The van der Waals surface area contributed by atoms with Gasteiger partial charge in [0.15, 0.2) is 6.61 Å². The largest absolute Gasteiger partial charge is 0.455 e. The number of nitrogens with one attached hydrogen (secondary N) is 1. The van der Waals surface area contributed by atoms with Crippen LogP contribution >= 0.6 is 0 Å². The van der Waals surface area contributed by atoms with Crippen LogP contribution < -0.4 is 5.32 Å². The lowest BCUT2D eigenvalue weighted by Crippen LogP contribution is -2.43. The fraction of sp³-hybridized carbons (Fsp3) is 0.571. The summed E-state index contributed by atoms with van der Waals surface area (Å²) in [4.78, 5) is 37.9. The predicted molar refractivity (Wildman–Crippen MR) is 103 cm³/mol. The first-order chi connectivity index (χ1) is 12.8. The number of hydrogen-bond donors (Lipinski definition) is 1. The van der Waals surface area contributed by atoms with E-state index in [0.717, 1.165) is 12.0 Å². The molecule has 6 heteroatoms. The van der Waals surface area contributed by atoms with Crippen LogP contribution in [0.4, 0.5) is 0 Å². The number of rotatable bonds is 6. The predicted octanol–water partition coefficient (Wildman–Crippen LogP) is 2.67. The SMILES string of the molecule is CCC(=O)N1CCCC(C(=O)OCC(=O)NC(C)c2ccc(C)c(C)c2)C1. The Morgan fingerprint density at radius 2 is 2.00 bits per heavy atom. The second-order valence-electron chi connectivity index (χ2n) is 7.27. The van der Waals surface area contributed by atoms with Crippen molar-refractivity contribution in [1.29, 1.82) is 0 Å². The van der Waals surface area contributed by atoms with Gasteiger partial charge in [0.2, 0.25) is 5.91 Å². The van der Waals surface area contributed by atoms with Crippen LogP contribution in [0.25, 0.3) is 0 Å². The van der Waals surface area contributed by atoms with Gasteiger partial charge in [-0.15, -0.1) is 0 Å². The van der Waals surface area contributed by atoms with Crippen molar-refractivity contribution >= 4 is 17.8 Å². The molecule has 1 saturated heterocycles.